The summed E-state index contributed by atoms with van der Waals surface area (Å²) >= 11 is 0. The number of carbonyl (C=O) groups is 2. The first-order chi connectivity index (χ1) is 14.5. The van der Waals surface area contributed by atoms with Gasteiger partial charge in [-0.2, -0.15) is 0 Å². The zero-order chi connectivity index (χ0) is 21.7. The van der Waals surface area contributed by atoms with Crippen LogP contribution in [0.1, 0.15) is 25.3 Å². The Hall–Kier alpha value is -3.06. The zero-order valence-electron chi connectivity index (χ0n) is 17.6. The molecular weight excluding hydrogens is 386 g/mol. The van der Waals surface area contributed by atoms with E-state index in [9.17, 15) is 9.59 Å². The van der Waals surface area contributed by atoms with Crippen molar-refractivity contribution in [3.05, 3.63) is 53.3 Å². The Balaban J connectivity index is 1.95. The third kappa shape index (κ3) is 4.41. The molecule has 1 saturated heterocycles. The molecule has 2 heterocycles. The minimum absolute atomic E-state index is 0.0245. The summed E-state index contributed by atoms with van der Waals surface area (Å²) < 4.78 is 21.6. The highest BCUT2D eigenvalue weighted by Gasteiger charge is 2.38. The first-order valence-corrected chi connectivity index (χ1v) is 9.86. The zero-order valence-corrected chi connectivity index (χ0v) is 17.6. The summed E-state index contributed by atoms with van der Waals surface area (Å²) in [6.07, 6.45) is 5.16. The lowest BCUT2D eigenvalue weighted by atomic mass is 10.0. The minimum atomic E-state index is -0.542. The highest BCUT2D eigenvalue weighted by molar-refractivity contribution is 6.16. The molecule has 30 heavy (non-hydrogen) atoms. The molecule has 0 N–H and O–H groups in total. The van der Waals surface area contributed by atoms with E-state index in [1.54, 1.807) is 49.3 Å². The van der Waals surface area contributed by atoms with E-state index in [0.29, 0.717) is 48.1 Å². The van der Waals surface area contributed by atoms with Gasteiger partial charge in [0.2, 0.25) is 0 Å². The second kappa shape index (κ2) is 9.63. The van der Waals surface area contributed by atoms with Crippen molar-refractivity contribution in [2.45, 2.75) is 25.9 Å². The van der Waals surface area contributed by atoms with Crippen molar-refractivity contribution in [2.24, 2.45) is 0 Å². The SMILES string of the molecule is C=CCOc1ccc(/C=C2\C(=O)N(C[C@@H]3CCCO3)C(C)=C2C(=O)OC)cc1OC. The number of amides is 1. The second-order valence-corrected chi connectivity index (χ2v) is 7.07. The lowest BCUT2D eigenvalue weighted by Gasteiger charge is -2.21. The van der Waals surface area contributed by atoms with Gasteiger partial charge in [0.05, 0.1) is 38.0 Å². The molecule has 2 aliphatic rings. The molecule has 0 spiro atoms. The van der Waals surface area contributed by atoms with Crippen LogP contribution < -0.4 is 9.47 Å². The summed E-state index contributed by atoms with van der Waals surface area (Å²) in [5.41, 5.74) is 1.84. The number of esters is 1. The van der Waals surface area contributed by atoms with Gasteiger partial charge in [-0.3, -0.25) is 4.79 Å². The van der Waals surface area contributed by atoms with Crippen molar-refractivity contribution in [1.82, 2.24) is 4.90 Å². The molecule has 0 radical (unpaired) electrons. The van der Waals surface area contributed by atoms with Crippen LogP contribution in [-0.4, -0.2) is 56.9 Å². The van der Waals surface area contributed by atoms with Crippen molar-refractivity contribution in [1.29, 1.82) is 0 Å². The van der Waals surface area contributed by atoms with Gasteiger partial charge in [0, 0.05) is 12.3 Å². The molecule has 0 aromatic heterocycles. The number of nitrogens with zero attached hydrogens (tertiary/aromatic N) is 1. The molecular formula is C23H27NO6. The molecule has 1 fully saturated rings. The number of ether oxygens (including phenoxy) is 4. The van der Waals surface area contributed by atoms with Gasteiger partial charge in [-0.05, 0) is 43.5 Å². The van der Waals surface area contributed by atoms with Gasteiger partial charge in [-0.25, -0.2) is 4.79 Å². The molecule has 0 unspecified atom stereocenters. The van der Waals surface area contributed by atoms with Crippen LogP contribution in [0.25, 0.3) is 6.08 Å². The van der Waals surface area contributed by atoms with Gasteiger partial charge in [-0.15, -0.1) is 0 Å². The van der Waals surface area contributed by atoms with E-state index < -0.39 is 5.97 Å². The quantitative estimate of drug-likeness (QED) is 0.370. The van der Waals surface area contributed by atoms with Crippen molar-refractivity contribution < 1.29 is 28.5 Å². The molecule has 7 nitrogen and oxygen atoms in total. The second-order valence-electron chi connectivity index (χ2n) is 7.07. The van der Waals surface area contributed by atoms with E-state index in [2.05, 4.69) is 6.58 Å². The Kier molecular flexibility index (Phi) is 6.95. The molecule has 0 bridgehead atoms. The predicted molar refractivity (Wildman–Crippen MR) is 112 cm³/mol. The predicted octanol–water partition coefficient (Wildman–Crippen LogP) is 3.11. The number of allylic oxidation sites excluding steroid dienone is 1. The van der Waals surface area contributed by atoms with E-state index in [1.807, 2.05) is 0 Å². The Morgan fingerprint density at radius 2 is 2.13 bits per heavy atom. The fourth-order valence-corrected chi connectivity index (χ4v) is 3.65. The first kappa shape index (κ1) is 21.6. The van der Waals surface area contributed by atoms with Crippen LogP contribution >= 0.6 is 0 Å². The molecule has 3 rings (SSSR count). The summed E-state index contributed by atoms with van der Waals surface area (Å²) in [5.74, 6) is 0.305. The maximum absolute atomic E-state index is 13.2. The highest BCUT2D eigenvalue weighted by atomic mass is 16.5. The Labute approximate surface area is 176 Å². The van der Waals surface area contributed by atoms with Gasteiger partial charge in [0.25, 0.3) is 5.91 Å². The molecule has 0 saturated carbocycles. The lowest BCUT2D eigenvalue weighted by Crippen LogP contribution is -2.33. The molecule has 1 aromatic rings. The van der Waals surface area contributed by atoms with Crippen molar-refractivity contribution in [3.63, 3.8) is 0 Å². The van der Waals surface area contributed by atoms with E-state index >= 15 is 0 Å². The smallest absolute Gasteiger partial charge is 0.340 e. The molecule has 1 atom stereocenters. The van der Waals surface area contributed by atoms with Crippen LogP contribution in [0.3, 0.4) is 0 Å². The Morgan fingerprint density at radius 3 is 2.77 bits per heavy atom. The van der Waals surface area contributed by atoms with Crippen LogP contribution in [0, 0.1) is 0 Å². The van der Waals surface area contributed by atoms with E-state index in [1.165, 1.54) is 7.11 Å². The standard InChI is InChI=1S/C23H27NO6/c1-5-10-30-19-9-8-16(13-20(19)27-3)12-18-21(23(26)28-4)15(2)24(22(18)25)14-17-7-6-11-29-17/h5,8-9,12-13,17H,1,6-7,10-11,14H2,2-4H3/b18-12-/t17-/m0/s1. The molecule has 160 valence electrons. The van der Waals surface area contributed by atoms with Gasteiger partial charge in [-0.1, -0.05) is 18.7 Å². The average Bonchev–Trinajstić information content (AvgIpc) is 3.35. The van der Waals surface area contributed by atoms with Crippen LogP contribution in [0.4, 0.5) is 0 Å². The largest absolute Gasteiger partial charge is 0.493 e. The van der Waals surface area contributed by atoms with Crippen molar-refractivity contribution >= 4 is 18.0 Å². The normalized spacial score (nSPS) is 20.1. The number of hydrogen-bond acceptors (Lipinski definition) is 6. The van der Waals surface area contributed by atoms with Crippen LogP contribution in [-0.2, 0) is 19.1 Å². The Morgan fingerprint density at radius 1 is 1.33 bits per heavy atom. The number of hydrogen-bond donors (Lipinski definition) is 0. The maximum atomic E-state index is 13.2. The first-order valence-electron chi connectivity index (χ1n) is 9.86. The summed E-state index contributed by atoms with van der Waals surface area (Å²) in [6, 6.07) is 5.31. The van der Waals surface area contributed by atoms with Crippen molar-refractivity contribution in [2.75, 3.05) is 34.0 Å². The summed E-state index contributed by atoms with van der Waals surface area (Å²) in [5, 5.41) is 0. The molecule has 2 aliphatic heterocycles. The summed E-state index contributed by atoms with van der Waals surface area (Å²) in [6.45, 7) is 6.85. The molecule has 1 amide bonds. The number of rotatable bonds is 8. The molecule has 1 aromatic carbocycles. The van der Waals surface area contributed by atoms with Crippen molar-refractivity contribution in [3.8, 4) is 11.5 Å². The highest BCUT2D eigenvalue weighted by Crippen LogP contribution is 2.34. The maximum Gasteiger partial charge on any atom is 0.340 e. The summed E-state index contributed by atoms with van der Waals surface area (Å²) in [4.78, 5) is 27.3. The van der Waals surface area contributed by atoms with Gasteiger partial charge >= 0.3 is 5.97 Å². The van der Waals surface area contributed by atoms with Gasteiger partial charge in [0.15, 0.2) is 11.5 Å². The Bertz CT molecular complexity index is 895. The van der Waals surface area contributed by atoms with E-state index in [0.717, 1.165) is 12.8 Å². The van der Waals surface area contributed by atoms with Crippen LogP contribution in [0.2, 0.25) is 0 Å². The molecule has 7 heteroatoms. The van der Waals surface area contributed by atoms with Gasteiger partial charge in [0.1, 0.15) is 6.61 Å². The fraction of sp³-hybridized carbons (Fsp3) is 0.391. The third-order valence-electron chi connectivity index (χ3n) is 5.17. The fourth-order valence-electron chi connectivity index (χ4n) is 3.65. The topological polar surface area (TPSA) is 74.3 Å². The molecule has 0 aliphatic carbocycles. The van der Waals surface area contributed by atoms with E-state index in [4.69, 9.17) is 18.9 Å². The number of benzene rings is 1. The minimum Gasteiger partial charge on any atom is -0.493 e. The third-order valence-corrected chi connectivity index (χ3v) is 5.17. The monoisotopic (exact) mass is 413 g/mol. The summed E-state index contributed by atoms with van der Waals surface area (Å²) in [7, 11) is 2.85. The lowest BCUT2D eigenvalue weighted by molar-refractivity contribution is -0.136. The average molecular weight is 413 g/mol. The van der Waals surface area contributed by atoms with Crippen LogP contribution in [0.15, 0.2) is 47.7 Å². The van der Waals surface area contributed by atoms with Gasteiger partial charge < -0.3 is 23.8 Å². The van der Waals surface area contributed by atoms with E-state index in [-0.39, 0.29) is 17.6 Å². The van der Waals surface area contributed by atoms with Crippen LogP contribution in [0.5, 0.6) is 11.5 Å². The number of carbonyl (C=O) groups excluding carboxylic acids is 2. The number of methoxy groups -OCH3 is 2.